The van der Waals surface area contributed by atoms with Crippen molar-refractivity contribution in [2.75, 3.05) is 12.8 Å². The molecule has 0 spiro atoms. The zero-order valence-electron chi connectivity index (χ0n) is 8.84. The maximum atomic E-state index is 5.68. The minimum atomic E-state index is 0.499. The number of para-hydroxylation sites is 1. The third-order valence-corrected chi connectivity index (χ3v) is 2.69. The van der Waals surface area contributed by atoms with Crippen molar-refractivity contribution in [1.29, 1.82) is 0 Å². The maximum absolute atomic E-state index is 5.68. The summed E-state index contributed by atoms with van der Waals surface area (Å²) in [6, 6.07) is 7.72. The molecular formula is C11H12N2O2S. The van der Waals surface area contributed by atoms with Crippen LogP contribution in [0, 0.1) is 0 Å². The van der Waals surface area contributed by atoms with E-state index in [1.165, 1.54) is 11.3 Å². The molecule has 84 valence electrons. The largest absolute Gasteiger partial charge is 0.445 e. The van der Waals surface area contributed by atoms with Crippen molar-refractivity contribution in [1.82, 2.24) is 4.98 Å². The van der Waals surface area contributed by atoms with Gasteiger partial charge in [0.25, 0.3) is 0 Å². The molecule has 1 aromatic carbocycles. The molecule has 1 heterocycles. The van der Waals surface area contributed by atoms with Gasteiger partial charge in [-0.05, 0) is 6.07 Å². The van der Waals surface area contributed by atoms with Gasteiger partial charge in [-0.2, -0.15) is 0 Å². The first-order valence-corrected chi connectivity index (χ1v) is 5.57. The molecule has 2 N–H and O–H groups in total. The molecule has 0 unspecified atom stereocenters. The van der Waals surface area contributed by atoms with E-state index in [1.54, 1.807) is 13.3 Å². The lowest BCUT2D eigenvalue weighted by molar-refractivity contribution is 0.182. The fraction of sp³-hybridized carbons (Fsp3) is 0.182. The molecular weight excluding hydrogens is 224 g/mol. The predicted molar refractivity (Wildman–Crippen MR) is 63.8 cm³/mol. The van der Waals surface area contributed by atoms with Gasteiger partial charge in [-0.1, -0.05) is 29.5 Å². The smallest absolute Gasteiger partial charge is 0.202 e. The van der Waals surface area contributed by atoms with Crippen molar-refractivity contribution >= 4 is 16.5 Å². The van der Waals surface area contributed by atoms with Crippen LogP contribution in [0.1, 0.15) is 5.56 Å². The first kappa shape index (κ1) is 10.9. The Bertz CT molecular complexity index is 471. The number of nitrogens with two attached hydrogens (primary N) is 1. The number of nitrogen functional groups attached to an aromatic ring is 1. The first-order chi connectivity index (χ1) is 7.79. The number of thiazole rings is 1. The second kappa shape index (κ2) is 4.96. The van der Waals surface area contributed by atoms with Crippen molar-refractivity contribution in [2.45, 2.75) is 6.61 Å². The summed E-state index contributed by atoms with van der Waals surface area (Å²) in [6.07, 6.45) is 1.61. The van der Waals surface area contributed by atoms with Gasteiger partial charge < -0.3 is 15.2 Å². The second-order valence-corrected chi connectivity index (χ2v) is 4.19. The van der Waals surface area contributed by atoms with Gasteiger partial charge in [0.2, 0.25) is 5.06 Å². The van der Waals surface area contributed by atoms with Gasteiger partial charge in [0.05, 0.1) is 12.8 Å². The highest BCUT2D eigenvalue weighted by molar-refractivity contribution is 7.17. The van der Waals surface area contributed by atoms with Crippen LogP contribution in [0.5, 0.6) is 10.8 Å². The van der Waals surface area contributed by atoms with Crippen molar-refractivity contribution < 1.29 is 9.47 Å². The van der Waals surface area contributed by atoms with Crippen molar-refractivity contribution in [3.8, 4) is 10.8 Å². The Morgan fingerprint density at radius 2 is 2.19 bits per heavy atom. The number of benzene rings is 1. The van der Waals surface area contributed by atoms with E-state index in [9.17, 15) is 0 Å². The molecule has 0 saturated heterocycles. The zero-order chi connectivity index (χ0) is 11.4. The number of nitrogens with zero attached hydrogens (tertiary/aromatic N) is 1. The quantitative estimate of drug-likeness (QED) is 0.886. The van der Waals surface area contributed by atoms with E-state index < -0.39 is 0 Å². The number of anilines is 1. The molecule has 0 aliphatic rings. The minimum absolute atomic E-state index is 0.499. The number of hydrogen-bond donors (Lipinski definition) is 1. The van der Waals surface area contributed by atoms with Crippen LogP contribution in [0.4, 0.5) is 5.13 Å². The van der Waals surface area contributed by atoms with E-state index in [0.717, 1.165) is 11.3 Å². The van der Waals surface area contributed by atoms with E-state index in [4.69, 9.17) is 15.2 Å². The fourth-order valence-corrected chi connectivity index (χ4v) is 1.85. The lowest BCUT2D eigenvalue weighted by atomic mass is 10.2. The Hall–Kier alpha value is -1.59. The van der Waals surface area contributed by atoms with Gasteiger partial charge in [-0.15, -0.1) is 0 Å². The average molecular weight is 236 g/mol. The summed E-state index contributed by atoms with van der Waals surface area (Å²) in [6.45, 7) is 0.518. The molecule has 1 aromatic heterocycles. The van der Waals surface area contributed by atoms with Gasteiger partial charge in [-0.3, -0.25) is 0 Å². The number of rotatable bonds is 4. The summed E-state index contributed by atoms with van der Waals surface area (Å²) in [7, 11) is 1.65. The molecule has 2 aromatic rings. The van der Waals surface area contributed by atoms with E-state index in [2.05, 4.69) is 4.98 Å². The lowest BCUT2D eigenvalue weighted by Gasteiger charge is -2.07. The highest BCUT2D eigenvalue weighted by Gasteiger charge is 2.06. The monoisotopic (exact) mass is 236 g/mol. The Kier molecular flexibility index (Phi) is 3.38. The van der Waals surface area contributed by atoms with E-state index in [1.807, 2.05) is 24.3 Å². The molecule has 4 nitrogen and oxygen atoms in total. The molecule has 5 heteroatoms. The molecule has 0 aliphatic carbocycles. The zero-order valence-corrected chi connectivity index (χ0v) is 9.66. The van der Waals surface area contributed by atoms with Crippen LogP contribution in [-0.4, -0.2) is 12.1 Å². The molecule has 0 fully saturated rings. The summed E-state index contributed by atoms with van der Waals surface area (Å²) in [4.78, 5) is 3.93. The number of ether oxygens (including phenoxy) is 2. The number of methoxy groups -OCH3 is 1. The van der Waals surface area contributed by atoms with Crippen LogP contribution in [-0.2, 0) is 11.3 Å². The number of aromatic nitrogens is 1. The van der Waals surface area contributed by atoms with Gasteiger partial charge >= 0.3 is 0 Å². The maximum Gasteiger partial charge on any atom is 0.202 e. The highest BCUT2D eigenvalue weighted by atomic mass is 32.1. The molecule has 0 amide bonds. The summed E-state index contributed by atoms with van der Waals surface area (Å²) < 4.78 is 10.8. The van der Waals surface area contributed by atoms with Gasteiger partial charge in [0, 0.05) is 12.7 Å². The third-order valence-electron chi connectivity index (χ3n) is 1.99. The summed E-state index contributed by atoms with van der Waals surface area (Å²) in [5.41, 5.74) is 6.53. The SMILES string of the molecule is COCc1ccccc1Oc1cnc(N)s1. The molecule has 0 aliphatic heterocycles. The fourth-order valence-electron chi connectivity index (χ4n) is 1.31. The Balaban J connectivity index is 2.20. The van der Waals surface area contributed by atoms with Crippen LogP contribution in [0.15, 0.2) is 30.5 Å². The van der Waals surface area contributed by atoms with Crippen molar-refractivity contribution in [3.05, 3.63) is 36.0 Å². The van der Waals surface area contributed by atoms with Crippen LogP contribution >= 0.6 is 11.3 Å². The lowest BCUT2D eigenvalue weighted by Crippen LogP contribution is -1.92. The van der Waals surface area contributed by atoms with E-state index in [0.29, 0.717) is 16.8 Å². The molecule has 0 bridgehead atoms. The molecule has 0 radical (unpaired) electrons. The van der Waals surface area contributed by atoms with Gasteiger partial charge in [0.15, 0.2) is 5.13 Å². The minimum Gasteiger partial charge on any atom is -0.445 e. The summed E-state index contributed by atoms with van der Waals surface area (Å²) >= 11 is 1.31. The predicted octanol–water partition coefficient (Wildman–Crippen LogP) is 2.66. The highest BCUT2D eigenvalue weighted by Crippen LogP contribution is 2.30. The first-order valence-electron chi connectivity index (χ1n) is 4.75. The average Bonchev–Trinajstić information content (AvgIpc) is 2.67. The Morgan fingerprint density at radius 3 is 2.88 bits per heavy atom. The van der Waals surface area contributed by atoms with Crippen molar-refractivity contribution in [3.63, 3.8) is 0 Å². The molecule has 16 heavy (non-hydrogen) atoms. The molecule has 2 rings (SSSR count). The molecule has 0 atom stereocenters. The standard InChI is InChI=1S/C11H12N2O2S/c1-14-7-8-4-2-3-5-9(8)15-10-6-13-11(12)16-10/h2-6H,7H2,1H3,(H2,12,13). The van der Waals surface area contributed by atoms with Crippen molar-refractivity contribution in [2.24, 2.45) is 0 Å². The van der Waals surface area contributed by atoms with Gasteiger partial charge in [-0.25, -0.2) is 4.98 Å². The molecule has 0 saturated carbocycles. The van der Waals surface area contributed by atoms with Gasteiger partial charge in [0.1, 0.15) is 5.75 Å². The summed E-state index contributed by atoms with van der Waals surface area (Å²) in [5, 5.41) is 1.18. The summed E-state index contributed by atoms with van der Waals surface area (Å²) in [5.74, 6) is 0.771. The van der Waals surface area contributed by atoms with E-state index in [-0.39, 0.29) is 0 Å². The van der Waals surface area contributed by atoms with Crippen LogP contribution < -0.4 is 10.5 Å². The Labute approximate surface area is 97.6 Å². The van der Waals surface area contributed by atoms with Crippen LogP contribution in [0.2, 0.25) is 0 Å². The topological polar surface area (TPSA) is 57.4 Å². The number of hydrogen-bond acceptors (Lipinski definition) is 5. The third kappa shape index (κ3) is 2.50. The van der Waals surface area contributed by atoms with E-state index >= 15 is 0 Å². The van der Waals surface area contributed by atoms with Crippen LogP contribution in [0.25, 0.3) is 0 Å². The Morgan fingerprint density at radius 1 is 1.38 bits per heavy atom. The normalized spacial score (nSPS) is 10.3. The second-order valence-electron chi connectivity index (χ2n) is 3.16. The van der Waals surface area contributed by atoms with Crippen LogP contribution in [0.3, 0.4) is 0 Å².